The van der Waals surface area contributed by atoms with E-state index in [9.17, 15) is 4.39 Å². The molecule has 0 spiro atoms. The first-order valence-electron chi connectivity index (χ1n) is 6.19. The maximum Gasteiger partial charge on any atom is 0.123 e. The second-order valence-electron chi connectivity index (χ2n) is 4.55. The zero-order valence-corrected chi connectivity index (χ0v) is 12.0. The number of nitrogens with one attached hydrogen (secondary N) is 1. The predicted molar refractivity (Wildman–Crippen MR) is 79.8 cm³/mol. The monoisotopic (exact) mass is 294 g/mol. The molecule has 3 rings (SSSR count). The average molecular weight is 294 g/mol. The number of aryl methyl sites for hydroxylation is 1. The summed E-state index contributed by atoms with van der Waals surface area (Å²) < 4.78 is 13.3. The van der Waals surface area contributed by atoms with Gasteiger partial charge in [0.2, 0.25) is 0 Å². The third kappa shape index (κ3) is 2.69. The molecule has 1 unspecified atom stereocenters. The molecule has 0 radical (unpaired) electrons. The fraction of sp³-hybridized carbons (Fsp3) is 0.286. The molecule has 0 bridgehead atoms. The minimum absolute atomic E-state index is 0.128. The molecule has 1 atom stereocenters. The molecule has 1 aliphatic heterocycles. The van der Waals surface area contributed by atoms with Crippen LogP contribution in [0.25, 0.3) is 0 Å². The Labute approximate surface area is 120 Å². The van der Waals surface area contributed by atoms with Crippen molar-refractivity contribution in [3.05, 3.63) is 57.0 Å². The highest BCUT2D eigenvalue weighted by Crippen LogP contribution is 2.36. The highest BCUT2D eigenvalue weighted by atomic mass is 32.2. The van der Waals surface area contributed by atoms with E-state index in [2.05, 4.69) is 11.5 Å². The maximum absolute atomic E-state index is 13.3. The summed E-state index contributed by atoms with van der Waals surface area (Å²) in [6.07, 6.45) is 1.13. The molecule has 0 fully saturated rings. The van der Waals surface area contributed by atoms with Gasteiger partial charge >= 0.3 is 0 Å². The lowest BCUT2D eigenvalue weighted by molar-refractivity contribution is 0.608. The van der Waals surface area contributed by atoms with Gasteiger partial charge in [0, 0.05) is 15.5 Å². The number of nitrogens with two attached hydrogens (primary N) is 1. The van der Waals surface area contributed by atoms with Crippen LogP contribution in [0.4, 0.5) is 4.39 Å². The summed E-state index contributed by atoms with van der Waals surface area (Å²) in [7, 11) is 0. The smallest absolute Gasteiger partial charge is 0.123 e. The Morgan fingerprint density at radius 1 is 1.32 bits per heavy atom. The summed E-state index contributed by atoms with van der Waals surface area (Å²) in [6.45, 7) is 0. The van der Waals surface area contributed by atoms with Crippen LogP contribution >= 0.6 is 23.1 Å². The lowest BCUT2D eigenvalue weighted by atomic mass is 10.1. The van der Waals surface area contributed by atoms with Crippen molar-refractivity contribution in [2.24, 2.45) is 5.84 Å². The Morgan fingerprint density at radius 3 is 2.95 bits per heavy atom. The van der Waals surface area contributed by atoms with Crippen molar-refractivity contribution in [2.75, 3.05) is 5.75 Å². The highest BCUT2D eigenvalue weighted by molar-refractivity contribution is 7.98. The standard InChI is InChI=1S/C14H15FN2S2/c15-11-3-1-2-9(6-11)14(17-16)13-7-10-8-18-5-4-12(10)19-13/h1-3,6-7,14,17H,4-5,8,16H2. The van der Waals surface area contributed by atoms with Gasteiger partial charge in [-0.15, -0.1) is 11.3 Å². The summed E-state index contributed by atoms with van der Waals surface area (Å²) in [4.78, 5) is 2.62. The van der Waals surface area contributed by atoms with E-state index in [1.54, 1.807) is 17.4 Å². The number of halogens is 1. The molecule has 0 amide bonds. The van der Waals surface area contributed by atoms with E-state index < -0.39 is 0 Å². The van der Waals surface area contributed by atoms with E-state index in [1.807, 2.05) is 17.8 Å². The summed E-state index contributed by atoms with van der Waals surface area (Å²) in [5.74, 6) is 7.71. The van der Waals surface area contributed by atoms with Gasteiger partial charge in [0.25, 0.3) is 0 Å². The summed E-state index contributed by atoms with van der Waals surface area (Å²) in [5.41, 5.74) is 5.09. The van der Waals surface area contributed by atoms with Crippen molar-refractivity contribution in [3.8, 4) is 0 Å². The minimum atomic E-state index is -0.227. The lowest BCUT2D eigenvalue weighted by Crippen LogP contribution is -2.28. The molecule has 1 aliphatic rings. The third-order valence-electron chi connectivity index (χ3n) is 3.28. The lowest BCUT2D eigenvalue weighted by Gasteiger charge is -2.14. The van der Waals surface area contributed by atoms with Crippen molar-refractivity contribution in [3.63, 3.8) is 0 Å². The zero-order valence-electron chi connectivity index (χ0n) is 10.4. The number of thiophene rings is 1. The Hall–Kier alpha value is -0.880. The van der Waals surface area contributed by atoms with Crippen LogP contribution in [-0.2, 0) is 12.2 Å². The van der Waals surface area contributed by atoms with Crippen LogP contribution in [0, 0.1) is 5.82 Å². The predicted octanol–water partition coefficient (Wildman–Crippen LogP) is 3.23. The summed E-state index contributed by atoms with van der Waals surface area (Å²) in [5, 5.41) is 0. The van der Waals surface area contributed by atoms with E-state index in [4.69, 9.17) is 5.84 Å². The van der Waals surface area contributed by atoms with Crippen molar-refractivity contribution < 1.29 is 4.39 Å². The van der Waals surface area contributed by atoms with Gasteiger partial charge in [-0.3, -0.25) is 5.84 Å². The van der Waals surface area contributed by atoms with Gasteiger partial charge in [-0.2, -0.15) is 11.8 Å². The molecule has 1 aromatic carbocycles. The van der Waals surface area contributed by atoms with Crippen LogP contribution < -0.4 is 11.3 Å². The Morgan fingerprint density at radius 2 is 2.21 bits per heavy atom. The van der Waals surface area contributed by atoms with Crippen molar-refractivity contribution in [2.45, 2.75) is 18.2 Å². The number of hydrogen-bond acceptors (Lipinski definition) is 4. The second kappa shape index (κ2) is 5.63. The van der Waals surface area contributed by atoms with Crippen LogP contribution in [0.1, 0.15) is 26.9 Å². The fourth-order valence-corrected chi connectivity index (χ4v) is 4.81. The van der Waals surface area contributed by atoms with Gasteiger partial charge in [0.1, 0.15) is 5.82 Å². The van der Waals surface area contributed by atoms with Crippen molar-refractivity contribution in [1.29, 1.82) is 0 Å². The molecule has 0 saturated heterocycles. The molecule has 0 saturated carbocycles. The first-order chi connectivity index (χ1) is 9.28. The van der Waals surface area contributed by atoms with Gasteiger partial charge in [-0.25, -0.2) is 9.82 Å². The summed E-state index contributed by atoms with van der Waals surface area (Å²) in [6, 6.07) is 8.70. The third-order valence-corrected chi connectivity index (χ3v) is 5.59. The van der Waals surface area contributed by atoms with Gasteiger partial charge in [-0.05, 0) is 41.5 Å². The molecule has 1 aromatic heterocycles. The number of hydrogen-bond donors (Lipinski definition) is 2. The van der Waals surface area contributed by atoms with Crippen LogP contribution in [-0.4, -0.2) is 5.75 Å². The summed E-state index contributed by atoms with van der Waals surface area (Å²) >= 11 is 3.75. The molecule has 2 aromatic rings. The molecule has 3 N–H and O–H groups in total. The van der Waals surface area contributed by atoms with E-state index >= 15 is 0 Å². The average Bonchev–Trinajstić information content (AvgIpc) is 2.83. The minimum Gasteiger partial charge on any atom is -0.271 e. The van der Waals surface area contributed by atoms with Crippen LogP contribution in [0.15, 0.2) is 30.3 Å². The Kier molecular flexibility index (Phi) is 3.88. The fourth-order valence-electron chi connectivity index (χ4n) is 2.34. The quantitative estimate of drug-likeness (QED) is 0.674. The number of fused-ring (bicyclic) bond motifs is 1. The van der Waals surface area contributed by atoms with Crippen LogP contribution in [0.5, 0.6) is 0 Å². The number of benzene rings is 1. The number of rotatable bonds is 3. The van der Waals surface area contributed by atoms with Crippen molar-refractivity contribution in [1.82, 2.24) is 5.43 Å². The van der Waals surface area contributed by atoms with Gasteiger partial charge < -0.3 is 0 Å². The molecule has 2 heterocycles. The molecular formula is C14H15FN2S2. The Bertz CT molecular complexity index is 559. The van der Waals surface area contributed by atoms with E-state index in [0.717, 1.165) is 17.7 Å². The molecule has 5 heteroatoms. The number of hydrazine groups is 1. The molecule has 19 heavy (non-hydrogen) atoms. The highest BCUT2D eigenvalue weighted by Gasteiger charge is 2.20. The zero-order chi connectivity index (χ0) is 13.2. The van der Waals surface area contributed by atoms with Crippen LogP contribution in [0.3, 0.4) is 0 Å². The van der Waals surface area contributed by atoms with E-state index in [1.165, 1.54) is 33.2 Å². The normalized spacial score (nSPS) is 16.1. The second-order valence-corrected chi connectivity index (χ2v) is 6.83. The van der Waals surface area contributed by atoms with Gasteiger partial charge in [0.15, 0.2) is 0 Å². The van der Waals surface area contributed by atoms with Gasteiger partial charge in [0.05, 0.1) is 6.04 Å². The van der Waals surface area contributed by atoms with E-state index in [0.29, 0.717) is 0 Å². The van der Waals surface area contributed by atoms with Gasteiger partial charge in [-0.1, -0.05) is 12.1 Å². The topological polar surface area (TPSA) is 38.0 Å². The van der Waals surface area contributed by atoms with Crippen LogP contribution in [0.2, 0.25) is 0 Å². The molecular weight excluding hydrogens is 279 g/mol. The largest absolute Gasteiger partial charge is 0.271 e. The number of thioether (sulfide) groups is 1. The first-order valence-corrected chi connectivity index (χ1v) is 8.16. The SMILES string of the molecule is NNC(c1cccc(F)c1)c1cc2c(s1)CCSC2. The van der Waals surface area contributed by atoms with E-state index in [-0.39, 0.29) is 11.9 Å². The Balaban J connectivity index is 1.96. The maximum atomic E-state index is 13.3. The molecule has 0 aliphatic carbocycles. The van der Waals surface area contributed by atoms with Crippen molar-refractivity contribution >= 4 is 23.1 Å². The molecule has 100 valence electrons. The first kappa shape index (κ1) is 13.1. The molecule has 2 nitrogen and oxygen atoms in total.